The van der Waals surface area contributed by atoms with Gasteiger partial charge in [-0.1, -0.05) is 13.8 Å². The van der Waals surface area contributed by atoms with Crippen molar-refractivity contribution in [3.63, 3.8) is 0 Å². The lowest BCUT2D eigenvalue weighted by Gasteiger charge is -2.08. The average molecular weight is 329 g/mol. The normalized spacial score (nSPS) is 19.1. The number of nitrogens with one attached hydrogen (secondary N) is 3. The minimum absolute atomic E-state index is 0.110. The molecule has 3 N–H and O–H groups in total. The molecule has 0 aromatic carbocycles. The van der Waals surface area contributed by atoms with E-state index in [1.54, 1.807) is 0 Å². The summed E-state index contributed by atoms with van der Waals surface area (Å²) in [4.78, 5) is 12.0. The Morgan fingerprint density at radius 1 is 1.58 bits per heavy atom. The second-order valence-corrected chi connectivity index (χ2v) is 6.15. The fourth-order valence-electron chi connectivity index (χ4n) is 2.31. The molecule has 19 heavy (non-hydrogen) atoms. The Kier molecular flexibility index (Phi) is 4.99. The first kappa shape index (κ1) is 14.5. The van der Waals surface area contributed by atoms with Gasteiger partial charge in [0, 0.05) is 6.54 Å². The van der Waals surface area contributed by atoms with Crippen LogP contribution in [0.2, 0.25) is 0 Å². The number of nitrogens with zero attached hydrogens (tertiary/aromatic N) is 1. The zero-order valence-corrected chi connectivity index (χ0v) is 13.0. The molecule has 106 valence electrons. The first-order valence-electron chi connectivity index (χ1n) is 6.82. The summed E-state index contributed by atoms with van der Waals surface area (Å²) in [7, 11) is 0. The monoisotopic (exact) mass is 328 g/mol. The fourth-order valence-corrected chi connectivity index (χ4v) is 3.12. The van der Waals surface area contributed by atoms with E-state index in [-0.39, 0.29) is 5.91 Å². The topological polar surface area (TPSA) is 69.8 Å². The van der Waals surface area contributed by atoms with Gasteiger partial charge in [-0.2, -0.15) is 5.10 Å². The molecule has 1 aromatic rings. The van der Waals surface area contributed by atoms with Crippen LogP contribution in [0.15, 0.2) is 4.47 Å². The smallest absolute Gasteiger partial charge is 0.272 e. The third-order valence-corrected chi connectivity index (χ3v) is 4.33. The third kappa shape index (κ3) is 3.57. The SMILES string of the molecule is CC(C)c1[nH]nc(C(=O)NCCC2CCNC2)c1Br. The number of carbonyl (C=O) groups excluding carboxylic acids is 1. The molecular weight excluding hydrogens is 308 g/mol. The number of rotatable bonds is 5. The van der Waals surface area contributed by atoms with Crippen molar-refractivity contribution < 1.29 is 4.79 Å². The molecule has 1 fully saturated rings. The van der Waals surface area contributed by atoms with Gasteiger partial charge in [0.25, 0.3) is 5.91 Å². The van der Waals surface area contributed by atoms with Crippen LogP contribution in [0, 0.1) is 5.92 Å². The Balaban J connectivity index is 1.85. The molecule has 1 atom stereocenters. The molecule has 2 heterocycles. The van der Waals surface area contributed by atoms with Gasteiger partial charge in [0.05, 0.1) is 10.2 Å². The zero-order valence-electron chi connectivity index (χ0n) is 11.4. The summed E-state index contributed by atoms with van der Waals surface area (Å²) in [6, 6.07) is 0. The van der Waals surface area contributed by atoms with Crippen LogP contribution in [-0.2, 0) is 0 Å². The summed E-state index contributed by atoms with van der Waals surface area (Å²) in [6.45, 7) is 7.00. The maximum Gasteiger partial charge on any atom is 0.272 e. The summed E-state index contributed by atoms with van der Waals surface area (Å²) in [5, 5.41) is 13.3. The molecule has 0 bridgehead atoms. The first-order chi connectivity index (χ1) is 9.09. The van der Waals surface area contributed by atoms with Crippen LogP contribution in [0.1, 0.15) is 48.8 Å². The van der Waals surface area contributed by atoms with E-state index in [0.717, 1.165) is 29.7 Å². The van der Waals surface area contributed by atoms with Crippen molar-refractivity contribution in [3.05, 3.63) is 15.9 Å². The second kappa shape index (κ2) is 6.52. The predicted octanol–water partition coefficient (Wildman–Crippen LogP) is 2.02. The highest BCUT2D eigenvalue weighted by atomic mass is 79.9. The summed E-state index contributed by atoms with van der Waals surface area (Å²) in [6.07, 6.45) is 2.23. The van der Waals surface area contributed by atoms with E-state index in [9.17, 15) is 4.79 Å². The molecular formula is C13H21BrN4O. The van der Waals surface area contributed by atoms with Gasteiger partial charge in [0.2, 0.25) is 0 Å². The molecule has 5 nitrogen and oxygen atoms in total. The summed E-state index contributed by atoms with van der Waals surface area (Å²) >= 11 is 3.45. The molecule has 2 rings (SSSR count). The maximum absolute atomic E-state index is 12.0. The van der Waals surface area contributed by atoms with Crippen LogP contribution >= 0.6 is 15.9 Å². The Labute approximate surface area is 122 Å². The number of amides is 1. The van der Waals surface area contributed by atoms with Crippen molar-refractivity contribution in [2.75, 3.05) is 19.6 Å². The van der Waals surface area contributed by atoms with Crippen LogP contribution < -0.4 is 10.6 Å². The van der Waals surface area contributed by atoms with E-state index in [0.29, 0.717) is 24.1 Å². The summed E-state index contributed by atoms with van der Waals surface area (Å²) < 4.78 is 0.780. The quantitative estimate of drug-likeness (QED) is 0.774. The van der Waals surface area contributed by atoms with Gasteiger partial charge in [-0.3, -0.25) is 9.89 Å². The van der Waals surface area contributed by atoms with Crippen LogP contribution in [0.5, 0.6) is 0 Å². The van der Waals surface area contributed by atoms with Gasteiger partial charge in [0.15, 0.2) is 5.69 Å². The molecule has 0 spiro atoms. The van der Waals surface area contributed by atoms with Crippen molar-refractivity contribution >= 4 is 21.8 Å². The largest absolute Gasteiger partial charge is 0.351 e. The van der Waals surface area contributed by atoms with E-state index in [2.05, 4.69) is 50.6 Å². The Bertz CT molecular complexity index is 438. The number of halogens is 1. The van der Waals surface area contributed by atoms with E-state index < -0.39 is 0 Å². The van der Waals surface area contributed by atoms with Crippen molar-refractivity contribution in [2.45, 2.75) is 32.6 Å². The van der Waals surface area contributed by atoms with E-state index in [1.807, 2.05) is 0 Å². The summed E-state index contributed by atoms with van der Waals surface area (Å²) in [5.74, 6) is 0.892. The van der Waals surface area contributed by atoms with Crippen molar-refractivity contribution in [1.29, 1.82) is 0 Å². The lowest BCUT2D eigenvalue weighted by atomic mass is 10.1. The number of aromatic nitrogens is 2. The molecule has 1 aromatic heterocycles. The molecule has 0 aliphatic carbocycles. The van der Waals surface area contributed by atoms with Crippen LogP contribution in [-0.4, -0.2) is 35.7 Å². The van der Waals surface area contributed by atoms with Crippen LogP contribution in [0.3, 0.4) is 0 Å². The number of H-pyrrole nitrogens is 1. The van der Waals surface area contributed by atoms with Gasteiger partial charge in [0.1, 0.15) is 0 Å². The van der Waals surface area contributed by atoms with E-state index in [4.69, 9.17) is 0 Å². The molecule has 1 saturated heterocycles. The van der Waals surface area contributed by atoms with Gasteiger partial charge in [-0.15, -0.1) is 0 Å². The molecule has 0 radical (unpaired) electrons. The minimum atomic E-state index is -0.110. The number of hydrogen-bond donors (Lipinski definition) is 3. The first-order valence-corrected chi connectivity index (χ1v) is 7.61. The van der Waals surface area contributed by atoms with Crippen molar-refractivity contribution in [3.8, 4) is 0 Å². The Hall–Kier alpha value is -0.880. The molecule has 1 unspecified atom stereocenters. The minimum Gasteiger partial charge on any atom is -0.351 e. The molecule has 1 amide bonds. The second-order valence-electron chi connectivity index (χ2n) is 5.36. The van der Waals surface area contributed by atoms with E-state index >= 15 is 0 Å². The average Bonchev–Trinajstić information content (AvgIpc) is 2.98. The van der Waals surface area contributed by atoms with Gasteiger partial charge in [-0.25, -0.2) is 0 Å². The van der Waals surface area contributed by atoms with Crippen LogP contribution in [0.25, 0.3) is 0 Å². The van der Waals surface area contributed by atoms with E-state index in [1.165, 1.54) is 6.42 Å². The predicted molar refractivity (Wildman–Crippen MR) is 78.3 cm³/mol. The molecule has 1 aliphatic heterocycles. The molecule has 0 saturated carbocycles. The zero-order chi connectivity index (χ0) is 13.8. The third-order valence-electron chi connectivity index (χ3n) is 3.53. The molecule has 6 heteroatoms. The number of hydrogen-bond acceptors (Lipinski definition) is 3. The highest BCUT2D eigenvalue weighted by Crippen LogP contribution is 2.25. The highest BCUT2D eigenvalue weighted by Gasteiger charge is 2.19. The molecule has 1 aliphatic rings. The lowest BCUT2D eigenvalue weighted by molar-refractivity contribution is 0.0946. The Morgan fingerprint density at radius 3 is 2.95 bits per heavy atom. The van der Waals surface area contributed by atoms with Crippen molar-refractivity contribution in [2.24, 2.45) is 5.92 Å². The van der Waals surface area contributed by atoms with Crippen molar-refractivity contribution in [1.82, 2.24) is 20.8 Å². The fraction of sp³-hybridized carbons (Fsp3) is 0.692. The lowest BCUT2D eigenvalue weighted by Crippen LogP contribution is -2.27. The van der Waals surface area contributed by atoms with Gasteiger partial charge in [-0.05, 0) is 53.7 Å². The maximum atomic E-state index is 12.0. The number of carbonyl (C=O) groups is 1. The van der Waals surface area contributed by atoms with Gasteiger partial charge >= 0.3 is 0 Å². The summed E-state index contributed by atoms with van der Waals surface area (Å²) in [5.41, 5.74) is 1.42. The Morgan fingerprint density at radius 2 is 2.37 bits per heavy atom. The standard InChI is InChI=1S/C13H21BrN4O/c1-8(2)11-10(14)12(18-17-11)13(19)16-6-4-9-3-5-15-7-9/h8-9,15H,3-7H2,1-2H3,(H,16,19)(H,17,18). The van der Waals surface area contributed by atoms with Gasteiger partial charge < -0.3 is 10.6 Å². The van der Waals surface area contributed by atoms with Crippen LogP contribution in [0.4, 0.5) is 0 Å². The number of aromatic amines is 1. The highest BCUT2D eigenvalue weighted by molar-refractivity contribution is 9.10.